The molecule has 9 rings (SSSR count). The van der Waals surface area contributed by atoms with Crippen molar-refractivity contribution in [2.24, 2.45) is 0 Å². The van der Waals surface area contributed by atoms with Crippen LogP contribution >= 0.6 is 0 Å². The number of nitrogens with zero attached hydrogens (tertiary/aromatic N) is 3. The molecule has 0 N–H and O–H groups in total. The molecule has 0 unspecified atom stereocenters. The van der Waals surface area contributed by atoms with Gasteiger partial charge in [0, 0.05) is 27.5 Å². The van der Waals surface area contributed by atoms with Crippen molar-refractivity contribution in [2.75, 3.05) is 0 Å². The second-order valence-corrected chi connectivity index (χ2v) is 12.1. The predicted octanol–water partition coefficient (Wildman–Crippen LogP) is 11.8. The molecule has 0 saturated heterocycles. The molecular formula is C45H29N3O. The van der Waals surface area contributed by atoms with Gasteiger partial charge in [-0.05, 0) is 51.6 Å². The molecule has 49 heavy (non-hydrogen) atoms. The van der Waals surface area contributed by atoms with Crippen molar-refractivity contribution in [1.82, 2.24) is 15.0 Å². The summed E-state index contributed by atoms with van der Waals surface area (Å²) in [6.07, 6.45) is 0. The third-order valence-corrected chi connectivity index (χ3v) is 8.98. The van der Waals surface area contributed by atoms with Crippen molar-refractivity contribution in [3.05, 3.63) is 176 Å². The van der Waals surface area contributed by atoms with Gasteiger partial charge in [-0.15, -0.1) is 0 Å². The third kappa shape index (κ3) is 5.45. The summed E-state index contributed by atoms with van der Waals surface area (Å²) in [6, 6.07) is 60.5. The fourth-order valence-corrected chi connectivity index (χ4v) is 6.46. The van der Waals surface area contributed by atoms with Crippen LogP contribution in [0.15, 0.2) is 180 Å². The second-order valence-electron chi connectivity index (χ2n) is 12.1. The number of rotatable bonds is 6. The van der Waals surface area contributed by atoms with Crippen LogP contribution in [0.25, 0.3) is 89.5 Å². The summed E-state index contributed by atoms with van der Waals surface area (Å²) in [4.78, 5) is 14.9. The van der Waals surface area contributed by atoms with Gasteiger partial charge in [0.15, 0.2) is 17.5 Å². The lowest BCUT2D eigenvalue weighted by molar-refractivity contribution is 0.669. The lowest BCUT2D eigenvalue weighted by atomic mass is 9.97. The molecule has 9 aromatic rings. The molecular weight excluding hydrogens is 599 g/mol. The molecule has 7 aromatic carbocycles. The normalized spacial score (nSPS) is 11.3. The highest BCUT2D eigenvalue weighted by molar-refractivity contribution is 6.12. The molecule has 2 aromatic heterocycles. The van der Waals surface area contributed by atoms with Crippen molar-refractivity contribution in [1.29, 1.82) is 0 Å². The molecule has 0 atom stereocenters. The van der Waals surface area contributed by atoms with Crippen LogP contribution in [0.4, 0.5) is 0 Å². The van der Waals surface area contributed by atoms with E-state index < -0.39 is 0 Å². The highest BCUT2D eigenvalue weighted by Crippen LogP contribution is 2.38. The second kappa shape index (κ2) is 12.2. The SMILES string of the molecule is c1ccc(-c2ccc(-c3ccc(-c4ccc5c(c4)oc4cccc(-c6nc(-c7ccccc7)nc(-c7ccccc7)n6)c45)cc3)cc2)cc1. The number of hydrogen-bond donors (Lipinski definition) is 0. The van der Waals surface area contributed by atoms with E-state index in [1.165, 1.54) is 22.3 Å². The maximum atomic E-state index is 6.48. The Labute approximate surface area is 284 Å². The van der Waals surface area contributed by atoms with Crippen molar-refractivity contribution >= 4 is 21.9 Å². The minimum absolute atomic E-state index is 0.609. The minimum atomic E-state index is 0.609. The van der Waals surface area contributed by atoms with Gasteiger partial charge in [0.25, 0.3) is 0 Å². The highest BCUT2D eigenvalue weighted by atomic mass is 16.3. The van der Waals surface area contributed by atoms with Crippen LogP contribution in [0.3, 0.4) is 0 Å². The summed E-state index contributed by atoms with van der Waals surface area (Å²) in [6.45, 7) is 0. The molecule has 0 aliphatic heterocycles. The van der Waals surface area contributed by atoms with E-state index in [2.05, 4.69) is 97.1 Å². The Kier molecular flexibility index (Phi) is 7.10. The first kappa shape index (κ1) is 28.6. The Morgan fingerprint density at radius 1 is 0.306 bits per heavy atom. The number of hydrogen-bond acceptors (Lipinski definition) is 4. The molecule has 0 aliphatic carbocycles. The van der Waals surface area contributed by atoms with Crippen molar-refractivity contribution in [3.63, 3.8) is 0 Å². The van der Waals surface area contributed by atoms with Crippen LogP contribution in [0, 0.1) is 0 Å². The van der Waals surface area contributed by atoms with Crippen LogP contribution in [-0.4, -0.2) is 15.0 Å². The van der Waals surface area contributed by atoms with Gasteiger partial charge in [0.2, 0.25) is 0 Å². The van der Waals surface area contributed by atoms with E-state index in [1.807, 2.05) is 78.9 Å². The van der Waals surface area contributed by atoms with Crippen LogP contribution in [0.2, 0.25) is 0 Å². The minimum Gasteiger partial charge on any atom is -0.456 e. The highest BCUT2D eigenvalue weighted by Gasteiger charge is 2.18. The standard InChI is InChI=1S/C45H29N3O/c1-4-11-30(12-5-1)31-19-21-32(22-20-31)33-23-25-34(26-24-33)37-27-28-38-41(29-37)49-40-18-10-17-39(42(38)40)45-47-43(35-13-6-2-7-14-35)46-44(48-45)36-15-8-3-9-16-36/h1-29H. The number of benzene rings is 7. The maximum Gasteiger partial charge on any atom is 0.164 e. The van der Waals surface area contributed by atoms with Gasteiger partial charge in [0.05, 0.1) is 0 Å². The molecule has 0 bridgehead atoms. The average molecular weight is 628 g/mol. The Morgan fingerprint density at radius 2 is 0.735 bits per heavy atom. The van der Waals surface area contributed by atoms with Crippen molar-refractivity contribution in [2.45, 2.75) is 0 Å². The topological polar surface area (TPSA) is 51.8 Å². The van der Waals surface area contributed by atoms with Gasteiger partial charge in [-0.25, -0.2) is 15.0 Å². The molecule has 0 saturated carbocycles. The van der Waals surface area contributed by atoms with Crippen molar-refractivity contribution < 1.29 is 4.42 Å². The van der Waals surface area contributed by atoms with Crippen molar-refractivity contribution in [3.8, 4) is 67.5 Å². The first-order valence-corrected chi connectivity index (χ1v) is 16.4. The van der Waals surface area contributed by atoms with E-state index in [0.717, 1.165) is 49.8 Å². The van der Waals surface area contributed by atoms with Gasteiger partial charge in [0.1, 0.15) is 11.2 Å². The Balaban J connectivity index is 1.08. The van der Waals surface area contributed by atoms with E-state index in [1.54, 1.807) is 0 Å². The summed E-state index contributed by atoms with van der Waals surface area (Å²) in [5.74, 6) is 1.87. The lowest BCUT2D eigenvalue weighted by Gasteiger charge is -2.09. The first-order chi connectivity index (χ1) is 24.3. The van der Waals surface area contributed by atoms with E-state index >= 15 is 0 Å². The van der Waals surface area contributed by atoms with Gasteiger partial charge in [-0.1, -0.05) is 158 Å². The number of aromatic nitrogens is 3. The zero-order valence-corrected chi connectivity index (χ0v) is 26.5. The number of furan rings is 1. The summed E-state index contributed by atoms with van der Waals surface area (Å²) < 4.78 is 6.48. The van der Waals surface area contributed by atoms with Gasteiger partial charge in [-0.2, -0.15) is 0 Å². The summed E-state index contributed by atoms with van der Waals surface area (Å²) >= 11 is 0. The summed E-state index contributed by atoms with van der Waals surface area (Å²) in [5, 5.41) is 2.01. The molecule has 0 radical (unpaired) electrons. The quantitative estimate of drug-likeness (QED) is 0.184. The number of fused-ring (bicyclic) bond motifs is 3. The largest absolute Gasteiger partial charge is 0.456 e. The first-order valence-electron chi connectivity index (χ1n) is 16.4. The van der Waals surface area contributed by atoms with Crippen LogP contribution in [0.1, 0.15) is 0 Å². The van der Waals surface area contributed by atoms with E-state index in [9.17, 15) is 0 Å². The van der Waals surface area contributed by atoms with Gasteiger partial charge in [-0.3, -0.25) is 0 Å². The van der Waals surface area contributed by atoms with Crippen LogP contribution in [-0.2, 0) is 0 Å². The van der Waals surface area contributed by atoms with E-state index in [-0.39, 0.29) is 0 Å². The molecule has 4 nitrogen and oxygen atoms in total. The fourth-order valence-electron chi connectivity index (χ4n) is 6.46. The summed E-state index contributed by atoms with van der Waals surface area (Å²) in [7, 11) is 0. The Hall–Kier alpha value is -6.65. The zero-order valence-electron chi connectivity index (χ0n) is 26.5. The molecule has 0 fully saturated rings. The van der Waals surface area contributed by atoms with E-state index in [4.69, 9.17) is 19.4 Å². The molecule has 0 aliphatic rings. The molecule has 0 spiro atoms. The summed E-state index contributed by atoms with van der Waals surface area (Å²) in [5.41, 5.74) is 11.4. The van der Waals surface area contributed by atoms with Gasteiger partial charge < -0.3 is 4.42 Å². The Bertz CT molecular complexity index is 2500. The monoisotopic (exact) mass is 627 g/mol. The zero-order chi connectivity index (χ0) is 32.6. The molecule has 2 heterocycles. The maximum absolute atomic E-state index is 6.48. The van der Waals surface area contributed by atoms with E-state index in [0.29, 0.717) is 17.5 Å². The lowest BCUT2D eigenvalue weighted by Crippen LogP contribution is -2.00. The third-order valence-electron chi connectivity index (χ3n) is 8.98. The Morgan fingerprint density at radius 3 is 1.27 bits per heavy atom. The van der Waals surface area contributed by atoms with Crippen LogP contribution in [0.5, 0.6) is 0 Å². The fraction of sp³-hybridized carbons (Fsp3) is 0. The molecule has 230 valence electrons. The average Bonchev–Trinajstić information content (AvgIpc) is 3.57. The smallest absolute Gasteiger partial charge is 0.164 e. The predicted molar refractivity (Wildman–Crippen MR) is 200 cm³/mol. The molecule has 4 heteroatoms. The molecule has 0 amide bonds. The van der Waals surface area contributed by atoms with Crippen LogP contribution < -0.4 is 0 Å². The van der Waals surface area contributed by atoms with Gasteiger partial charge >= 0.3 is 0 Å².